The van der Waals surface area contributed by atoms with E-state index in [9.17, 15) is 4.79 Å². The molecule has 1 amide bonds. The molecule has 30 heavy (non-hydrogen) atoms. The van der Waals surface area contributed by atoms with Crippen molar-refractivity contribution in [2.75, 3.05) is 29.4 Å². The number of rotatable bonds is 4. The van der Waals surface area contributed by atoms with Gasteiger partial charge in [0, 0.05) is 43.0 Å². The average molecular weight is 402 g/mol. The lowest BCUT2D eigenvalue weighted by Crippen LogP contribution is -2.29. The van der Waals surface area contributed by atoms with Crippen molar-refractivity contribution in [3.8, 4) is 11.4 Å². The molecule has 5 rings (SSSR count). The second-order valence-corrected chi connectivity index (χ2v) is 8.29. The smallest absolute Gasteiger partial charge is 0.232 e. The van der Waals surface area contributed by atoms with Crippen LogP contribution in [0.1, 0.15) is 43.1 Å². The number of carbonyl (C=O) groups is 1. The monoisotopic (exact) mass is 402 g/mol. The van der Waals surface area contributed by atoms with Gasteiger partial charge >= 0.3 is 0 Å². The average Bonchev–Trinajstić information content (AvgIpc) is 3.42. The molecule has 3 heterocycles. The van der Waals surface area contributed by atoms with Gasteiger partial charge in [0.05, 0.1) is 5.92 Å². The first-order valence-corrected chi connectivity index (χ1v) is 10.7. The van der Waals surface area contributed by atoms with Crippen molar-refractivity contribution >= 4 is 17.3 Å². The summed E-state index contributed by atoms with van der Waals surface area (Å²) in [6, 6.07) is 16.4. The molecule has 0 radical (unpaired) electrons. The van der Waals surface area contributed by atoms with Crippen LogP contribution in [0.15, 0.2) is 53.1 Å². The molecule has 3 aromatic rings. The molecule has 1 atom stereocenters. The zero-order valence-electron chi connectivity index (χ0n) is 17.3. The second kappa shape index (κ2) is 7.94. The van der Waals surface area contributed by atoms with Crippen molar-refractivity contribution in [2.24, 2.45) is 0 Å². The van der Waals surface area contributed by atoms with Crippen LogP contribution in [0.2, 0.25) is 0 Å². The minimum Gasteiger partial charge on any atom is -0.372 e. The quantitative estimate of drug-likeness (QED) is 0.640. The first-order valence-electron chi connectivity index (χ1n) is 10.7. The van der Waals surface area contributed by atoms with E-state index in [1.165, 1.54) is 30.5 Å². The van der Waals surface area contributed by atoms with Gasteiger partial charge < -0.3 is 14.3 Å². The molecule has 2 aromatic carbocycles. The SMILES string of the molecule is Cc1ccc(N2C[C@H](c3nc(-c4ccc(N5CCCCC5)cc4)no3)CC2=O)cc1. The Balaban J connectivity index is 1.29. The summed E-state index contributed by atoms with van der Waals surface area (Å²) >= 11 is 0. The molecule has 6 heteroatoms. The van der Waals surface area contributed by atoms with E-state index < -0.39 is 0 Å². The molecular formula is C24H26N4O2. The van der Waals surface area contributed by atoms with E-state index in [0.29, 0.717) is 24.7 Å². The first kappa shape index (κ1) is 18.9. The van der Waals surface area contributed by atoms with Crippen molar-refractivity contribution in [3.63, 3.8) is 0 Å². The maximum Gasteiger partial charge on any atom is 0.232 e. The van der Waals surface area contributed by atoms with Gasteiger partial charge in [-0.1, -0.05) is 22.9 Å². The van der Waals surface area contributed by atoms with Gasteiger partial charge in [-0.05, 0) is 62.6 Å². The number of carbonyl (C=O) groups excluding carboxylic acids is 1. The summed E-state index contributed by atoms with van der Waals surface area (Å²) in [6.45, 7) is 4.85. The lowest BCUT2D eigenvalue weighted by molar-refractivity contribution is -0.117. The van der Waals surface area contributed by atoms with Crippen LogP contribution in [0.4, 0.5) is 11.4 Å². The number of piperidine rings is 1. The second-order valence-electron chi connectivity index (χ2n) is 8.29. The number of hydrogen-bond acceptors (Lipinski definition) is 5. The molecule has 0 N–H and O–H groups in total. The van der Waals surface area contributed by atoms with E-state index in [1.807, 2.05) is 31.2 Å². The fourth-order valence-electron chi connectivity index (χ4n) is 4.34. The minimum atomic E-state index is -0.0762. The number of anilines is 2. The van der Waals surface area contributed by atoms with Gasteiger partial charge in [0.2, 0.25) is 17.6 Å². The van der Waals surface area contributed by atoms with Gasteiger partial charge in [0.25, 0.3) is 0 Å². The molecule has 2 saturated heterocycles. The molecule has 6 nitrogen and oxygen atoms in total. The van der Waals surface area contributed by atoms with Crippen LogP contribution in [0.25, 0.3) is 11.4 Å². The van der Waals surface area contributed by atoms with Gasteiger partial charge in [0.1, 0.15) is 0 Å². The van der Waals surface area contributed by atoms with Gasteiger partial charge in [0.15, 0.2) is 0 Å². The molecule has 0 saturated carbocycles. The Morgan fingerprint density at radius 2 is 1.63 bits per heavy atom. The lowest BCUT2D eigenvalue weighted by atomic mass is 10.1. The van der Waals surface area contributed by atoms with Crippen LogP contribution in [-0.2, 0) is 4.79 Å². The number of hydrogen-bond donors (Lipinski definition) is 0. The van der Waals surface area contributed by atoms with Crippen molar-refractivity contribution in [3.05, 3.63) is 60.0 Å². The van der Waals surface area contributed by atoms with Crippen LogP contribution in [0.5, 0.6) is 0 Å². The Morgan fingerprint density at radius 1 is 0.933 bits per heavy atom. The highest BCUT2D eigenvalue weighted by atomic mass is 16.5. The molecule has 2 aliphatic rings. The van der Waals surface area contributed by atoms with Crippen molar-refractivity contribution < 1.29 is 9.32 Å². The molecule has 0 spiro atoms. The number of nitrogens with zero attached hydrogens (tertiary/aromatic N) is 4. The van der Waals surface area contributed by atoms with Crippen LogP contribution in [0.3, 0.4) is 0 Å². The maximum atomic E-state index is 12.5. The zero-order chi connectivity index (χ0) is 20.5. The predicted octanol–water partition coefficient (Wildman–Crippen LogP) is 4.56. The Bertz CT molecular complexity index is 1020. The molecule has 2 aliphatic heterocycles. The summed E-state index contributed by atoms with van der Waals surface area (Å²) in [6.07, 6.45) is 4.24. The highest BCUT2D eigenvalue weighted by Gasteiger charge is 2.35. The normalized spacial score (nSPS) is 19.5. The summed E-state index contributed by atoms with van der Waals surface area (Å²) in [5.74, 6) is 1.13. The molecule has 0 unspecified atom stereocenters. The molecule has 1 aromatic heterocycles. The topological polar surface area (TPSA) is 62.5 Å². The standard InChI is InChI=1S/C24H26N4O2/c1-17-5-9-21(10-6-17)28-16-19(15-22(28)29)24-25-23(26-30-24)18-7-11-20(12-8-18)27-13-3-2-4-14-27/h5-12,19H,2-4,13-16H2,1H3/t19-/m1/s1. The van der Waals surface area contributed by atoms with Crippen LogP contribution < -0.4 is 9.80 Å². The van der Waals surface area contributed by atoms with Gasteiger partial charge in [-0.2, -0.15) is 4.98 Å². The fraction of sp³-hybridized carbons (Fsp3) is 0.375. The lowest BCUT2D eigenvalue weighted by Gasteiger charge is -2.28. The Morgan fingerprint density at radius 3 is 2.37 bits per heavy atom. The van der Waals surface area contributed by atoms with Crippen LogP contribution in [0, 0.1) is 6.92 Å². The number of benzene rings is 2. The van der Waals surface area contributed by atoms with Crippen molar-refractivity contribution in [1.29, 1.82) is 0 Å². The van der Waals surface area contributed by atoms with Gasteiger partial charge in [-0.15, -0.1) is 0 Å². The van der Waals surface area contributed by atoms with Crippen LogP contribution >= 0.6 is 0 Å². The third kappa shape index (κ3) is 3.70. The molecule has 2 fully saturated rings. The van der Waals surface area contributed by atoms with E-state index >= 15 is 0 Å². The zero-order valence-corrected chi connectivity index (χ0v) is 17.3. The van der Waals surface area contributed by atoms with E-state index in [-0.39, 0.29) is 11.8 Å². The summed E-state index contributed by atoms with van der Waals surface area (Å²) in [5.41, 5.74) is 4.28. The Hall–Kier alpha value is -3.15. The summed E-state index contributed by atoms with van der Waals surface area (Å²) in [7, 11) is 0. The minimum absolute atomic E-state index is 0.0762. The highest BCUT2D eigenvalue weighted by Crippen LogP contribution is 2.32. The van der Waals surface area contributed by atoms with Crippen molar-refractivity contribution in [1.82, 2.24) is 10.1 Å². The molecular weight excluding hydrogens is 376 g/mol. The van der Waals surface area contributed by atoms with Crippen molar-refractivity contribution in [2.45, 2.75) is 38.5 Å². The van der Waals surface area contributed by atoms with E-state index in [2.05, 4.69) is 39.3 Å². The summed E-state index contributed by atoms with van der Waals surface area (Å²) in [4.78, 5) is 21.4. The fourth-order valence-corrected chi connectivity index (χ4v) is 4.34. The summed E-state index contributed by atoms with van der Waals surface area (Å²) in [5, 5.41) is 4.18. The maximum absolute atomic E-state index is 12.5. The number of amides is 1. The first-order chi connectivity index (χ1) is 14.7. The molecule has 154 valence electrons. The third-order valence-corrected chi connectivity index (χ3v) is 6.11. The number of aromatic nitrogens is 2. The molecule has 0 aliphatic carbocycles. The van der Waals surface area contributed by atoms with E-state index in [0.717, 1.165) is 24.3 Å². The Kier molecular flexibility index (Phi) is 4.99. The summed E-state index contributed by atoms with van der Waals surface area (Å²) < 4.78 is 5.55. The van der Waals surface area contributed by atoms with E-state index in [1.54, 1.807) is 4.90 Å². The third-order valence-electron chi connectivity index (χ3n) is 6.11. The highest BCUT2D eigenvalue weighted by molar-refractivity contribution is 5.96. The Labute approximate surface area is 176 Å². The van der Waals surface area contributed by atoms with Gasteiger partial charge in [-0.3, -0.25) is 4.79 Å². The number of aryl methyl sites for hydroxylation is 1. The van der Waals surface area contributed by atoms with Crippen LogP contribution in [-0.4, -0.2) is 35.7 Å². The van der Waals surface area contributed by atoms with E-state index in [4.69, 9.17) is 4.52 Å². The predicted molar refractivity (Wildman–Crippen MR) is 117 cm³/mol. The van der Waals surface area contributed by atoms with Gasteiger partial charge in [-0.25, -0.2) is 0 Å². The largest absolute Gasteiger partial charge is 0.372 e. The molecule has 0 bridgehead atoms.